The van der Waals surface area contributed by atoms with Gasteiger partial charge in [-0.1, -0.05) is 26.7 Å². The summed E-state index contributed by atoms with van der Waals surface area (Å²) in [7, 11) is 0. The molecular formula is C14H26N2O2. The number of amides is 2. The van der Waals surface area contributed by atoms with Gasteiger partial charge in [-0.3, -0.25) is 14.5 Å². The molecule has 1 aliphatic rings. The van der Waals surface area contributed by atoms with Crippen LogP contribution in [0.1, 0.15) is 53.9 Å². The number of hydrogen-bond donors (Lipinski definition) is 1. The normalized spacial score (nSPS) is 22.4. The van der Waals surface area contributed by atoms with Gasteiger partial charge in [0.05, 0.1) is 12.5 Å². The van der Waals surface area contributed by atoms with Gasteiger partial charge in [0, 0.05) is 12.1 Å². The van der Waals surface area contributed by atoms with Gasteiger partial charge in [0.2, 0.25) is 11.8 Å². The Balaban J connectivity index is 2.65. The van der Waals surface area contributed by atoms with Crippen LogP contribution in [0.15, 0.2) is 0 Å². The van der Waals surface area contributed by atoms with Crippen molar-refractivity contribution in [1.29, 1.82) is 0 Å². The molecule has 0 aliphatic carbocycles. The average Bonchev–Trinajstić information content (AvgIpc) is 2.55. The molecule has 4 nitrogen and oxygen atoms in total. The highest BCUT2D eigenvalue weighted by molar-refractivity contribution is 6.05. The quantitative estimate of drug-likeness (QED) is 0.737. The van der Waals surface area contributed by atoms with Crippen LogP contribution < -0.4 is 5.32 Å². The van der Waals surface area contributed by atoms with Crippen LogP contribution in [0.5, 0.6) is 0 Å². The standard InChI is InChI=1S/C14H26N2O2/c1-6-11(7-2)10(5)15-12-8-13(17)16(9(3)4)14(12)18/h9-12,15H,6-8H2,1-5H3. The molecule has 0 aromatic rings. The minimum Gasteiger partial charge on any atom is -0.303 e. The van der Waals surface area contributed by atoms with E-state index in [0.717, 1.165) is 12.8 Å². The highest BCUT2D eigenvalue weighted by atomic mass is 16.2. The van der Waals surface area contributed by atoms with Crippen molar-refractivity contribution in [3.8, 4) is 0 Å². The summed E-state index contributed by atoms with van der Waals surface area (Å²) >= 11 is 0. The Morgan fingerprint density at radius 1 is 1.22 bits per heavy atom. The maximum Gasteiger partial charge on any atom is 0.247 e. The topological polar surface area (TPSA) is 49.4 Å². The van der Waals surface area contributed by atoms with Gasteiger partial charge in [0.15, 0.2) is 0 Å². The van der Waals surface area contributed by atoms with Crippen LogP contribution in [0.2, 0.25) is 0 Å². The number of hydrogen-bond acceptors (Lipinski definition) is 3. The second-order valence-corrected chi connectivity index (χ2v) is 5.48. The lowest BCUT2D eigenvalue weighted by Gasteiger charge is -2.25. The highest BCUT2D eigenvalue weighted by Crippen LogP contribution is 2.19. The molecule has 18 heavy (non-hydrogen) atoms. The van der Waals surface area contributed by atoms with Crippen molar-refractivity contribution in [1.82, 2.24) is 10.2 Å². The monoisotopic (exact) mass is 254 g/mol. The number of likely N-dealkylation sites (tertiary alicyclic amines) is 1. The molecule has 1 N–H and O–H groups in total. The number of carbonyl (C=O) groups excluding carboxylic acids is 2. The van der Waals surface area contributed by atoms with Gasteiger partial charge < -0.3 is 5.32 Å². The number of rotatable bonds is 6. The van der Waals surface area contributed by atoms with Gasteiger partial charge in [0.1, 0.15) is 0 Å². The zero-order valence-corrected chi connectivity index (χ0v) is 12.2. The number of nitrogens with one attached hydrogen (secondary N) is 1. The Morgan fingerprint density at radius 3 is 2.17 bits per heavy atom. The third-order valence-electron chi connectivity index (χ3n) is 3.92. The largest absolute Gasteiger partial charge is 0.303 e. The van der Waals surface area contributed by atoms with Crippen molar-refractivity contribution < 1.29 is 9.59 Å². The molecule has 1 aliphatic heterocycles. The molecule has 1 fully saturated rings. The Kier molecular flexibility index (Phi) is 5.32. The fourth-order valence-corrected chi connectivity index (χ4v) is 2.77. The van der Waals surface area contributed by atoms with Gasteiger partial charge in [-0.25, -0.2) is 0 Å². The van der Waals surface area contributed by atoms with E-state index in [1.165, 1.54) is 4.90 Å². The molecule has 0 spiro atoms. The van der Waals surface area contributed by atoms with Crippen LogP contribution >= 0.6 is 0 Å². The SMILES string of the molecule is CCC(CC)C(C)NC1CC(=O)N(C(C)C)C1=O. The van der Waals surface area contributed by atoms with Crippen molar-refractivity contribution in [2.24, 2.45) is 5.92 Å². The first-order valence-electron chi connectivity index (χ1n) is 7.04. The first-order valence-corrected chi connectivity index (χ1v) is 7.04. The van der Waals surface area contributed by atoms with E-state index < -0.39 is 0 Å². The van der Waals surface area contributed by atoms with Gasteiger partial charge in [-0.05, 0) is 26.7 Å². The number of imide groups is 1. The summed E-state index contributed by atoms with van der Waals surface area (Å²) in [6, 6.07) is -0.0929. The highest BCUT2D eigenvalue weighted by Gasteiger charge is 2.40. The molecule has 4 heteroatoms. The molecule has 2 atom stereocenters. The Hall–Kier alpha value is -0.900. The predicted octanol–water partition coefficient (Wildman–Crippen LogP) is 1.94. The number of carbonyl (C=O) groups is 2. The Labute approximate surface area is 110 Å². The smallest absolute Gasteiger partial charge is 0.247 e. The van der Waals surface area contributed by atoms with Crippen molar-refractivity contribution in [3.63, 3.8) is 0 Å². The van der Waals surface area contributed by atoms with E-state index in [9.17, 15) is 9.59 Å². The van der Waals surface area contributed by atoms with Crippen LogP contribution in [-0.2, 0) is 9.59 Å². The molecule has 2 unspecified atom stereocenters. The minimum absolute atomic E-state index is 0.0414. The maximum absolute atomic E-state index is 12.1. The molecule has 0 aromatic heterocycles. The van der Waals surface area contributed by atoms with Crippen molar-refractivity contribution in [2.75, 3.05) is 0 Å². The minimum atomic E-state index is -0.324. The molecule has 0 saturated carbocycles. The van der Waals surface area contributed by atoms with Crippen molar-refractivity contribution in [3.05, 3.63) is 0 Å². The van der Waals surface area contributed by atoms with Crippen molar-refractivity contribution in [2.45, 2.75) is 72.0 Å². The van der Waals surface area contributed by atoms with E-state index in [2.05, 4.69) is 26.1 Å². The average molecular weight is 254 g/mol. The van der Waals surface area contributed by atoms with Gasteiger partial charge in [-0.2, -0.15) is 0 Å². The first-order chi connectivity index (χ1) is 8.42. The third-order valence-corrected chi connectivity index (χ3v) is 3.92. The van der Waals surface area contributed by atoms with E-state index in [1.807, 2.05) is 13.8 Å². The van der Waals surface area contributed by atoms with Gasteiger partial charge >= 0.3 is 0 Å². The maximum atomic E-state index is 12.1. The second-order valence-electron chi connectivity index (χ2n) is 5.48. The third kappa shape index (κ3) is 3.10. The summed E-state index contributed by atoms with van der Waals surface area (Å²) in [5, 5.41) is 3.33. The zero-order valence-electron chi connectivity index (χ0n) is 12.2. The van der Waals surface area contributed by atoms with Crippen LogP contribution in [0.4, 0.5) is 0 Å². The molecule has 104 valence electrons. The lowest BCUT2D eigenvalue weighted by molar-refractivity contribution is -0.140. The van der Waals surface area contributed by atoms with Gasteiger partial charge in [0.25, 0.3) is 0 Å². The molecule has 0 aromatic carbocycles. The molecule has 1 heterocycles. The molecule has 0 radical (unpaired) electrons. The zero-order chi connectivity index (χ0) is 13.9. The van der Waals surface area contributed by atoms with E-state index in [4.69, 9.17) is 0 Å². The van der Waals surface area contributed by atoms with E-state index in [0.29, 0.717) is 12.3 Å². The predicted molar refractivity (Wildman–Crippen MR) is 72.1 cm³/mol. The van der Waals surface area contributed by atoms with Gasteiger partial charge in [-0.15, -0.1) is 0 Å². The lowest BCUT2D eigenvalue weighted by Crippen LogP contribution is -2.46. The summed E-state index contributed by atoms with van der Waals surface area (Å²) in [6.45, 7) is 10.2. The molecule has 2 amide bonds. The fraction of sp³-hybridized carbons (Fsp3) is 0.857. The summed E-state index contributed by atoms with van der Waals surface area (Å²) in [4.78, 5) is 25.3. The van der Waals surface area contributed by atoms with Crippen LogP contribution in [0.3, 0.4) is 0 Å². The van der Waals surface area contributed by atoms with Crippen LogP contribution in [0.25, 0.3) is 0 Å². The summed E-state index contributed by atoms with van der Waals surface area (Å²) < 4.78 is 0. The summed E-state index contributed by atoms with van der Waals surface area (Å²) in [5.41, 5.74) is 0. The van der Waals surface area contributed by atoms with Crippen LogP contribution in [0, 0.1) is 5.92 Å². The molecule has 1 saturated heterocycles. The van der Waals surface area contributed by atoms with Crippen LogP contribution in [-0.4, -0.2) is 34.8 Å². The molecule has 1 rings (SSSR count). The Bertz CT molecular complexity index is 311. The van der Waals surface area contributed by atoms with Crippen molar-refractivity contribution >= 4 is 11.8 Å². The molecular weight excluding hydrogens is 228 g/mol. The van der Waals surface area contributed by atoms with E-state index in [-0.39, 0.29) is 29.9 Å². The van der Waals surface area contributed by atoms with E-state index >= 15 is 0 Å². The van der Waals surface area contributed by atoms with E-state index in [1.54, 1.807) is 0 Å². The summed E-state index contributed by atoms with van der Waals surface area (Å²) in [6.07, 6.45) is 2.49. The second kappa shape index (κ2) is 6.32. The molecule has 0 bridgehead atoms. The summed E-state index contributed by atoms with van der Waals surface area (Å²) in [5.74, 6) is 0.443. The lowest BCUT2D eigenvalue weighted by atomic mass is 9.95. The number of nitrogens with zero attached hydrogens (tertiary/aromatic N) is 1. The first kappa shape index (κ1) is 15.2. The Morgan fingerprint density at radius 2 is 1.78 bits per heavy atom. The fourth-order valence-electron chi connectivity index (χ4n) is 2.77.